The van der Waals surface area contributed by atoms with Crippen LogP contribution in [0.2, 0.25) is 0 Å². The molecule has 3 aromatic rings. The first-order valence-corrected chi connectivity index (χ1v) is 15.5. The van der Waals surface area contributed by atoms with Gasteiger partial charge in [0.2, 0.25) is 0 Å². The van der Waals surface area contributed by atoms with Crippen molar-refractivity contribution in [1.82, 2.24) is 20.3 Å². The number of nitrogens with one attached hydrogen (secondary N) is 4. The molecule has 6 rings (SSSR count). The number of hydrogen-bond donors (Lipinski definition) is 4. The van der Waals surface area contributed by atoms with Gasteiger partial charge in [-0.1, -0.05) is 26.5 Å². The normalized spacial score (nSPS) is 24.7. The van der Waals surface area contributed by atoms with Crippen LogP contribution in [0.5, 0.6) is 0 Å². The van der Waals surface area contributed by atoms with Crippen LogP contribution in [0.15, 0.2) is 18.0 Å². The van der Waals surface area contributed by atoms with E-state index < -0.39 is 11.9 Å². The number of aromatic nitrogens is 3. The van der Waals surface area contributed by atoms with Crippen LogP contribution >= 0.6 is 0 Å². The topological polar surface area (TPSA) is 112 Å². The number of carbonyl (C=O) groups excluding carboxylic acids is 2. The van der Waals surface area contributed by atoms with Crippen LogP contribution in [-0.2, 0) is 20.7 Å². The Morgan fingerprint density at radius 2 is 1.70 bits per heavy atom. The number of carbonyl (C=O) groups is 2. The molecule has 1 aliphatic carbocycles. The molecule has 3 atom stereocenters. The van der Waals surface area contributed by atoms with Crippen LogP contribution in [-0.4, -0.2) is 47.5 Å². The molecule has 3 aliphatic rings. The monoisotopic (exact) mass is 594 g/mol. The van der Waals surface area contributed by atoms with E-state index in [-0.39, 0.29) is 17.6 Å². The van der Waals surface area contributed by atoms with Crippen molar-refractivity contribution in [1.29, 1.82) is 0 Å². The summed E-state index contributed by atoms with van der Waals surface area (Å²) in [7, 11) is 3.05. The number of ether oxygens (including phenoxy) is 2. The van der Waals surface area contributed by atoms with Crippen molar-refractivity contribution in [2.75, 3.05) is 20.8 Å². The number of rotatable bonds is 7. The van der Waals surface area contributed by atoms with Gasteiger partial charge in [-0.15, -0.1) is 0 Å². The van der Waals surface area contributed by atoms with Crippen LogP contribution in [0.3, 0.4) is 0 Å². The highest BCUT2D eigenvalue weighted by molar-refractivity contribution is 6.24. The van der Waals surface area contributed by atoms with Crippen LogP contribution in [0.4, 0.5) is 0 Å². The Labute approximate surface area is 258 Å². The minimum absolute atomic E-state index is 0.0455. The highest BCUT2D eigenvalue weighted by Gasteiger charge is 2.48. The second kappa shape index (κ2) is 11.3. The Balaban J connectivity index is 1.72. The minimum atomic E-state index is -1.03. The van der Waals surface area contributed by atoms with Crippen molar-refractivity contribution in [3.8, 4) is 0 Å². The Kier molecular flexibility index (Phi) is 7.66. The molecule has 0 saturated carbocycles. The third-order valence-electron chi connectivity index (χ3n) is 9.94. The number of methoxy groups -OCH3 is 2. The molecule has 0 amide bonds. The third kappa shape index (κ3) is 4.46. The van der Waals surface area contributed by atoms with Gasteiger partial charge in [-0.25, -0.2) is 0 Å². The first-order chi connectivity index (χ1) is 21.1. The fourth-order valence-electron chi connectivity index (χ4n) is 7.45. The molecule has 0 spiro atoms. The van der Waals surface area contributed by atoms with E-state index in [1.165, 1.54) is 18.2 Å². The van der Waals surface area contributed by atoms with E-state index in [9.17, 15) is 9.59 Å². The van der Waals surface area contributed by atoms with Crippen LogP contribution in [0, 0.1) is 38.5 Å². The Morgan fingerprint density at radius 1 is 0.977 bits per heavy atom. The molecule has 0 radical (unpaired) electrons. The molecule has 8 bridgehead atoms. The minimum Gasteiger partial charge on any atom is -0.468 e. The number of H-pyrrole nitrogens is 3. The van der Waals surface area contributed by atoms with Crippen molar-refractivity contribution in [3.05, 3.63) is 84.8 Å². The van der Waals surface area contributed by atoms with E-state index in [0.29, 0.717) is 23.4 Å². The lowest BCUT2D eigenvalue weighted by Crippen LogP contribution is -2.25. The van der Waals surface area contributed by atoms with Gasteiger partial charge in [-0.2, -0.15) is 0 Å². The first kappa shape index (κ1) is 29.8. The number of Topliss-reactive ketones (excluding diaryl/α,β-unsaturated/α-hetero) is 1. The zero-order valence-electron chi connectivity index (χ0n) is 26.7. The maximum absolute atomic E-state index is 14.1. The molecule has 8 heteroatoms. The van der Waals surface area contributed by atoms with Crippen LogP contribution in [0.1, 0.15) is 87.6 Å². The van der Waals surface area contributed by atoms with E-state index in [0.717, 1.165) is 75.1 Å². The first-order valence-electron chi connectivity index (χ1n) is 15.5. The van der Waals surface area contributed by atoms with Gasteiger partial charge in [0, 0.05) is 81.4 Å². The predicted octanol–water partition coefficient (Wildman–Crippen LogP) is 4.79. The maximum atomic E-state index is 14.1. The Morgan fingerprint density at radius 3 is 2.39 bits per heavy atom. The lowest BCUT2D eigenvalue weighted by molar-refractivity contribution is -0.141. The van der Waals surface area contributed by atoms with Gasteiger partial charge in [0.05, 0.1) is 12.8 Å². The van der Waals surface area contributed by atoms with E-state index in [1.807, 2.05) is 13.0 Å². The molecule has 44 heavy (non-hydrogen) atoms. The number of esters is 1. The highest BCUT2D eigenvalue weighted by atomic mass is 16.5. The fourth-order valence-corrected chi connectivity index (χ4v) is 7.45. The van der Waals surface area contributed by atoms with E-state index >= 15 is 0 Å². The van der Waals surface area contributed by atoms with E-state index in [1.54, 1.807) is 7.11 Å². The van der Waals surface area contributed by atoms with E-state index in [4.69, 9.17) is 9.47 Å². The zero-order valence-corrected chi connectivity index (χ0v) is 26.7. The number of allylic oxidation sites excluding steroid dienone is 2. The summed E-state index contributed by atoms with van der Waals surface area (Å²) in [5, 5.41) is 5.74. The molecule has 1 fully saturated rings. The number of fused-ring (bicyclic) bond motifs is 7. The molecule has 0 unspecified atom stereocenters. The third-order valence-corrected chi connectivity index (χ3v) is 9.94. The SMILES string of the molecule is C=Cc1c2[nH]c(c1C)/C=C1\N/C(=C3\c4[nH]c(c(C)c4C(=O)[C@@H]3C(=O)OC)/C=c3\[nH]/c(c(C)c3CC)=C\2)[C@@H](CCCOC)[C@@H]1C. The number of aromatic amines is 3. The summed E-state index contributed by atoms with van der Waals surface area (Å²) >= 11 is 0. The average Bonchev–Trinajstić information content (AvgIpc) is 3.74. The molecule has 1 saturated heterocycles. The molecule has 5 heterocycles. The summed E-state index contributed by atoms with van der Waals surface area (Å²) in [5.74, 6) is -1.65. The predicted molar refractivity (Wildman–Crippen MR) is 174 cm³/mol. The lowest BCUT2D eigenvalue weighted by atomic mass is 9.85. The van der Waals surface area contributed by atoms with Gasteiger partial charge >= 0.3 is 5.97 Å². The average molecular weight is 595 g/mol. The summed E-state index contributed by atoms with van der Waals surface area (Å²) < 4.78 is 10.6. The Bertz CT molecular complexity index is 1890. The van der Waals surface area contributed by atoms with E-state index in [2.05, 4.69) is 72.8 Å². The summed E-state index contributed by atoms with van der Waals surface area (Å²) in [6, 6.07) is 0. The van der Waals surface area contributed by atoms with Gasteiger partial charge in [-0.3, -0.25) is 9.59 Å². The summed E-state index contributed by atoms with van der Waals surface area (Å²) in [6.07, 6.45) is 10.9. The molecule has 2 aliphatic heterocycles. The number of hydrogen-bond acceptors (Lipinski definition) is 5. The summed E-state index contributed by atoms with van der Waals surface area (Å²) in [4.78, 5) is 38.3. The van der Waals surface area contributed by atoms with Gasteiger partial charge in [-0.05, 0) is 80.5 Å². The smallest absolute Gasteiger partial charge is 0.321 e. The van der Waals surface area contributed by atoms with Gasteiger partial charge in [0.1, 0.15) is 5.92 Å². The van der Waals surface area contributed by atoms with Crippen molar-refractivity contribution < 1.29 is 19.1 Å². The fraction of sp³-hybridized carbons (Fsp3) is 0.389. The van der Waals surface area contributed by atoms with Crippen LogP contribution in [0.25, 0.3) is 29.9 Å². The van der Waals surface area contributed by atoms with Crippen molar-refractivity contribution in [2.45, 2.75) is 53.9 Å². The van der Waals surface area contributed by atoms with Crippen molar-refractivity contribution in [3.63, 3.8) is 0 Å². The van der Waals surface area contributed by atoms with Gasteiger partial charge in [0.15, 0.2) is 5.78 Å². The van der Waals surface area contributed by atoms with Crippen LogP contribution < -0.4 is 16.0 Å². The maximum Gasteiger partial charge on any atom is 0.321 e. The highest BCUT2D eigenvalue weighted by Crippen LogP contribution is 2.48. The van der Waals surface area contributed by atoms with Crippen molar-refractivity contribution in [2.24, 2.45) is 17.8 Å². The number of ketones is 1. The summed E-state index contributed by atoms with van der Waals surface area (Å²) in [5.41, 5.74) is 12.1. The molecular formula is C36H42N4O4. The summed E-state index contributed by atoms with van der Waals surface area (Å²) in [6.45, 7) is 15.3. The largest absolute Gasteiger partial charge is 0.468 e. The quantitative estimate of drug-likeness (QED) is 0.179. The second-order valence-corrected chi connectivity index (χ2v) is 12.2. The van der Waals surface area contributed by atoms with Gasteiger partial charge < -0.3 is 29.7 Å². The molecule has 8 nitrogen and oxygen atoms in total. The molecule has 3 aromatic heterocycles. The van der Waals surface area contributed by atoms with Gasteiger partial charge in [0.25, 0.3) is 0 Å². The Hall–Kier alpha value is -4.30. The molecular weight excluding hydrogens is 552 g/mol. The van der Waals surface area contributed by atoms with Crippen molar-refractivity contribution >= 4 is 41.6 Å². The zero-order chi connectivity index (χ0) is 31.4. The lowest BCUT2D eigenvalue weighted by Gasteiger charge is -2.19. The molecule has 0 aromatic carbocycles. The second-order valence-electron chi connectivity index (χ2n) is 12.2. The molecule has 4 N–H and O–H groups in total. The standard InChI is InChI=1S/C36H42N4O4/c1-9-21-17(3)24-14-26-19(5)23(12-11-13-43-7)33(39-26)31-32(36(42)44-8)35(41)30-20(6)27(40-34(30)31)16-29-22(10-2)18(4)25(38-29)15-28(21)37-24/h9,14-16,19,23,32,37-40H,1,10-13H2,2-8H3/b25-15-,26-14-,29-16-,33-31-/t19-,23-,32+/m0/s1. The molecule has 230 valence electrons.